The summed E-state index contributed by atoms with van der Waals surface area (Å²) in [6.45, 7) is 2.46. The van der Waals surface area contributed by atoms with Gasteiger partial charge in [-0.05, 0) is 30.2 Å². The van der Waals surface area contributed by atoms with Gasteiger partial charge in [-0.3, -0.25) is 4.79 Å². The van der Waals surface area contributed by atoms with Crippen LogP contribution < -0.4 is 5.32 Å². The summed E-state index contributed by atoms with van der Waals surface area (Å²) >= 11 is 0. The second-order valence-electron chi connectivity index (χ2n) is 5.14. The van der Waals surface area contributed by atoms with Crippen LogP contribution in [0.3, 0.4) is 0 Å². The van der Waals surface area contributed by atoms with Crippen molar-refractivity contribution in [2.45, 2.75) is 19.9 Å². The normalized spacial score (nSPS) is 10.7. The molecule has 0 unspecified atom stereocenters. The molecule has 4 heteroatoms. The van der Waals surface area contributed by atoms with E-state index in [1.54, 1.807) is 0 Å². The van der Waals surface area contributed by atoms with Crippen LogP contribution in [-0.2, 0) is 17.8 Å². The third-order valence-corrected chi connectivity index (χ3v) is 3.35. The molecule has 0 aliphatic carbocycles. The molecule has 2 N–H and O–H groups in total. The van der Waals surface area contributed by atoms with Gasteiger partial charge in [0.15, 0.2) is 0 Å². The number of rotatable bonds is 4. The smallest absolute Gasteiger partial charge is 0.224 e. The van der Waals surface area contributed by atoms with Crippen LogP contribution in [-0.4, -0.2) is 15.9 Å². The Bertz CT molecular complexity index is 762. The number of imidazole rings is 1. The van der Waals surface area contributed by atoms with E-state index in [0.717, 1.165) is 22.4 Å². The van der Waals surface area contributed by atoms with Crippen molar-refractivity contribution in [3.05, 3.63) is 65.5 Å². The van der Waals surface area contributed by atoms with E-state index in [0.29, 0.717) is 13.0 Å². The van der Waals surface area contributed by atoms with Gasteiger partial charge in [-0.25, -0.2) is 4.98 Å². The fourth-order valence-electron chi connectivity index (χ4n) is 2.29. The predicted molar refractivity (Wildman–Crippen MR) is 82.8 cm³/mol. The van der Waals surface area contributed by atoms with Crippen molar-refractivity contribution in [2.75, 3.05) is 0 Å². The second kappa shape index (κ2) is 5.79. The number of hydrogen-bond acceptors (Lipinski definition) is 2. The molecule has 0 radical (unpaired) electrons. The third kappa shape index (κ3) is 3.28. The Kier molecular flexibility index (Phi) is 3.69. The molecule has 3 aromatic rings. The molecule has 1 aromatic heterocycles. The molecule has 21 heavy (non-hydrogen) atoms. The Balaban J connectivity index is 1.62. The largest absolute Gasteiger partial charge is 0.349 e. The molecule has 106 valence electrons. The lowest BCUT2D eigenvalue weighted by Crippen LogP contribution is -2.25. The number of hydrogen-bond donors (Lipinski definition) is 2. The first kappa shape index (κ1) is 13.4. The van der Waals surface area contributed by atoms with Crippen molar-refractivity contribution in [1.29, 1.82) is 0 Å². The van der Waals surface area contributed by atoms with E-state index in [1.165, 1.54) is 5.56 Å². The van der Waals surface area contributed by atoms with E-state index in [2.05, 4.69) is 21.4 Å². The average molecular weight is 279 g/mol. The molecule has 0 saturated carbocycles. The number of H-pyrrole nitrogens is 1. The van der Waals surface area contributed by atoms with Gasteiger partial charge >= 0.3 is 0 Å². The molecule has 4 nitrogen and oxygen atoms in total. The Hall–Kier alpha value is -2.62. The molecule has 0 spiro atoms. The maximum absolute atomic E-state index is 11.9. The fraction of sp³-hybridized carbons (Fsp3) is 0.176. The van der Waals surface area contributed by atoms with E-state index in [1.807, 2.05) is 49.4 Å². The summed E-state index contributed by atoms with van der Waals surface area (Å²) in [4.78, 5) is 19.6. The van der Waals surface area contributed by atoms with E-state index < -0.39 is 0 Å². The number of carbonyl (C=O) groups excluding carboxylic acids is 1. The number of nitrogens with one attached hydrogen (secondary N) is 2. The number of nitrogens with zero attached hydrogens (tertiary/aromatic N) is 1. The van der Waals surface area contributed by atoms with E-state index >= 15 is 0 Å². The highest BCUT2D eigenvalue weighted by Crippen LogP contribution is 2.13. The Morgan fingerprint density at radius 3 is 2.81 bits per heavy atom. The average Bonchev–Trinajstić information content (AvgIpc) is 2.88. The van der Waals surface area contributed by atoms with Crippen LogP contribution in [0.5, 0.6) is 0 Å². The standard InChI is InChI=1S/C17H17N3O/c1-12-7-8-14-15(9-12)20-16(19-14)11-18-17(21)10-13-5-3-2-4-6-13/h2-9H,10-11H2,1H3,(H,18,21)(H,19,20). The Morgan fingerprint density at radius 2 is 2.00 bits per heavy atom. The number of benzene rings is 2. The molecule has 3 rings (SSSR count). The van der Waals surface area contributed by atoms with Gasteiger partial charge in [0.05, 0.1) is 24.0 Å². The molecular formula is C17H17N3O. The maximum Gasteiger partial charge on any atom is 0.224 e. The van der Waals surface area contributed by atoms with Crippen molar-refractivity contribution in [2.24, 2.45) is 0 Å². The Morgan fingerprint density at radius 1 is 1.19 bits per heavy atom. The number of fused-ring (bicyclic) bond motifs is 1. The van der Waals surface area contributed by atoms with Gasteiger partial charge in [-0.2, -0.15) is 0 Å². The van der Waals surface area contributed by atoms with Crippen LogP contribution in [0.1, 0.15) is 17.0 Å². The monoisotopic (exact) mass is 279 g/mol. The van der Waals surface area contributed by atoms with Crippen molar-refractivity contribution >= 4 is 16.9 Å². The lowest BCUT2D eigenvalue weighted by molar-refractivity contribution is -0.120. The minimum absolute atomic E-state index is 0.00200. The van der Waals surface area contributed by atoms with E-state index in [-0.39, 0.29) is 5.91 Å². The van der Waals surface area contributed by atoms with Gasteiger partial charge in [-0.15, -0.1) is 0 Å². The van der Waals surface area contributed by atoms with Crippen LogP contribution in [0, 0.1) is 6.92 Å². The predicted octanol–water partition coefficient (Wildman–Crippen LogP) is 2.73. The SMILES string of the molecule is Cc1ccc2nc(CNC(=O)Cc3ccccc3)[nH]c2c1. The van der Waals surface area contributed by atoms with Crippen LogP contribution in [0.4, 0.5) is 0 Å². The zero-order valence-corrected chi connectivity index (χ0v) is 11.9. The summed E-state index contributed by atoms with van der Waals surface area (Å²) in [6.07, 6.45) is 0.389. The number of aromatic nitrogens is 2. The fourth-order valence-corrected chi connectivity index (χ4v) is 2.29. The molecule has 0 atom stereocenters. The highest BCUT2D eigenvalue weighted by molar-refractivity contribution is 5.79. The highest BCUT2D eigenvalue weighted by Gasteiger charge is 2.06. The quantitative estimate of drug-likeness (QED) is 0.771. The first-order chi connectivity index (χ1) is 10.2. The molecule has 2 aromatic carbocycles. The van der Waals surface area contributed by atoms with Crippen molar-refractivity contribution < 1.29 is 4.79 Å². The van der Waals surface area contributed by atoms with Crippen LogP contribution in [0.25, 0.3) is 11.0 Å². The van der Waals surface area contributed by atoms with Gasteiger partial charge in [0.25, 0.3) is 0 Å². The number of amides is 1. The van der Waals surface area contributed by atoms with E-state index in [9.17, 15) is 4.79 Å². The minimum atomic E-state index is -0.00200. The third-order valence-electron chi connectivity index (χ3n) is 3.35. The molecule has 1 heterocycles. The molecule has 0 aliphatic heterocycles. The zero-order chi connectivity index (χ0) is 14.7. The van der Waals surface area contributed by atoms with Crippen LogP contribution in [0.2, 0.25) is 0 Å². The first-order valence-corrected chi connectivity index (χ1v) is 6.96. The lowest BCUT2D eigenvalue weighted by atomic mass is 10.1. The van der Waals surface area contributed by atoms with Gasteiger partial charge in [0, 0.05) is 0 Å². The lowest BCUT2D eigenvalue weighted by Gasteiger charge is -2.03. The maximum atomic E-state index is 11.9. The topological polar surface area (TPSA) is 57.8 Å². The Labute approximate surface area is 123 Å². The van der Waals surface area contributed by atoms with Crippen molar-refractivity contribution in [3.8, 4) is 0 Å². The summed E-state index contributed by atoms with van der Waals surface area (Å²) in [5.74, 6) is 0.773. The molecule has 0 aliphatic rings. The zero-order valence-electron chi connectivity index (χ0n) is 11.9. The molecule has 1 amide bonds. The highest BCUT2D eigenvalue weighted by atomic mass is 16.1. The molecule has 0 fully saturated rings. The summed E-state index contributed by atoms with van der Waals surface area (Å²) in [7, 11) is 0. The summed E-state index contributed by atoms with van der Waals surface area (Å²) < 4.78 is 0. The van der Waals surface area contributed by atoms with E-state index in [4.69, 9.17) is 0 Å². The second-order valence-corrected chi connectivity index (χ2v) is 5.14. The molecular weight excluding hydrogens is 262 g/mol. The summed E-state index contributed by atoms with van der Waals surface area (Å²) in [5.41, 5.74) is 4.12. The van der Waals surface area contributed by atoms with Gasteiger partial charge in [-0.1, -0.05) is 36.4 Å². The van der Waals surface area contributed by atoms with Crippen molar-refractivity contribution in [3.63, 3.8) is 0 Å². The van der Waals surface area contributed by atoms with Crippen LogP contribution in [0.15, 0.2) is 48.5 Å². The van der Waals surface area contributed by atoms with Gasteiger partial charge in [0.2, 0.25) is 5.91 Å². The minimum Gasteiger partial charge on any atom is -0.349 e. The van der Waals surface area contributed by atoms with Gasteiger partial charge in [0.1, 0.15) is 5.82 Å². The number of aromatic amines is 1. The summed E-state index contributed by atoms with van der Waals surface area (Å²) in [6, 6.07) is 15.8. The molecule has 0 bridgehead atoms. The summed E-state index contributed by atoms with van der Waals surface area (Å²) in [5, 5.41) is 2.89. The van der Waals surface area contributed by atoms with Gasteiger partial charge < -0.3 is 10.3 Å². The molecule has 0 saturated heterocycles. The van der Waals surface area contributed by atoms with Crippen LogP contribution >= 0.6 is 0 Å². The van der Waals surface area contributed by atoms with Crippen molar-refractivity contribution in [1.82, 2.24) is 15.3 Å². The first-order valence-electron chi connectivity index (χ1n) is 6.96. The number of aryl methyl sites for hydroxylation is 1. The number of carbonyl (C=O) groups is 1.